The molecule has 0 atom stereocenters. The SMILES string of the molecule is COCCCNc1nc(NCCSCCO)cc(C)c1C#N. The van der Waals surface area contributed by atoms with Gasteiger partial charge in [0.2, 0.25) is 0 Å². The number of aryl methyl sites for hydroxylation is 1. The third kappa shape index (κ3) is 6.52. The molecule has 0 amide bonds. The Kier molecular flexibility index (Phi) is 9.39. The number of aromatic nitrogens is 1. The van der Waals surface area contributed by atoms with Gasteiger partial charge in [-0.25, -0.2) is 4.98 Å². The van der Waals surface area contributed by atoms with Crippen LogP contribution < -0.4 is 10.6 Å². The number of hydrogen-bond donors (Lipinski definition) is 3. The number of nitrogens with one attached hydrogen (secondary N) is 2. The summed E-state index contributed by atoms with van der Waals surface area (Å²) in [6, 6.07) is 4.08. The number of nitrogens with zero attached hydrogens (tertiary/aromatic N) is 2. The van der Waals surface area contributed by atoms with Gasteiger partial charge in [-0.15, -0.1) is 0 Å². The molecule has 1 aromatic rings. The molecule has 0 bridgehead atoms. The van der Waals surface area contributed by atoms with Crippen LogP contribution in [0.5, 0.6) is 0 Å². The normalized spacial score (nSPS) is 10.3. The van der Waals surface area contributed by atoms with Crippen LogP contribution in [0.2, 0.25) is 0 Å². The topological polar surface area (TPSA) is 90.2 Å². The fourth-order valence-corrected chi connectivity index (χ4v) is 2.45. The Labute approximate surface area is 136 Å². The van der Waals surface area contributed by atoms with E-state index in [2.05, 4.69) is 21.7 Å². The highest BCUT2D eigenvalue weighted by atomic mass is 32.2. The van der Waals surface area contributed by atoms with Crippen LogP contribution in [0.3, 0.4) is 0 Å². The maximum Gasteiger partial charge on any atom is 0.146 e. The quantitative estimate of drug-likeness (QED) is 0.535. The molecule has 3 N–H and O–H groups in total. The van der Waals surface area contributed by atoms with E-state index in [1.165, 1.54) is 0 Å². The van der Waals surface area contributed by atoms with Crippen LogP contribution in [-0.4, -0.2) is 55.0 Å². The molecule has 0 aliphatic heterocycles. The second kappa shape index (κ2) is 11.1. The van der Waals surface area contributed by atoms with Crippen molar-refractivity contribution in [2.45, 2.75) is 13.3 Å². The molecule has 0 unspecified atom stereocenters. The number of aliphatic hydroxyl groups is 1. The highest BCUT2D eigenvalue weighted by Gasteiger charge is 2.09. The van der Waals surface area contributed by atoms with Crippen LogP contribution in [0.4, 0.5) is 11.6 Å². The third-order valence-corrected chi connectivity index (χ3v) is 3.90. The van der Waals surface area contributed by atoms with E-state index in [9.17, 15) is 5.26 Å². The number of aliphatic hydroxyl groups excluding tert-OH is 1. The molecule has 0 radical (unpaired) electrons. The lowest BCUT2D eigenvalue weighted by atomic mass is 10.1. The van der Waals surface area contributed by atoms with Crippen molar-refractivity contribution < 1.29 is 9.84 Å². The maximum absolute atomic E-state index is 9.26. The second-order valence-electron chi connectivity index (χ2n) is 4.70. The minimum absolute atomic E-state index is 0.203. The van der Waals surface area contributed by atoms with Gasteiger partial charge in [0.25, 0.3) is 0 Å². The van der Waals surface area contributed by atoms with Gasteiger partial charge in [-0.3, -0.25) is 0 Å². The van der Waals surface area contributed by atoms with Crippen molar-refractivity contribution in [2.24, 2.45) is 0 Å². The van der Waals surface area contributed by atoms with E-state index >= 15 is 0 Å². The average Bonchev–Trinajstić information content (AvgIpc) is 2.51. The molecule has 7 heteroatoms. The molecule has 1 heterocycles. The van der Waals surface area contributed by atoms with Gasteiger partial charge < -0.3 is 20.5 Å². The zero-order valence-electron chi connectivity index (χ0n) is 13.2. The van der Waals surface area contributed by atoms with Crippen molar-refractivity contribution in [1.29, 1.82) is 5.26 Å². The molecule has 1 aromatic heterocycles. The van der Waals surface area contributed by atoms with Crippen molar-refractivity contribution in [1.82, 2.24) is 4.98 Å². The van der Waals surface area contributed by atoms with E-state index < -0.39 is 0 Å². The summed E-state index contributed by atoms with van der Waals surface area (Å²) < 4.78 is 5.01. The predicted molar refractivity (Wildman–Crippen MR) is 91.6 cm³/mol. The minimum Gasteiger partial charge on any atom is -0.396 e. The molecule has 1 rings (SSSR count). The highest BCUT2D eigenvalue weighted by Crippen LogP contribution is 2.20. The first-order valence-electron chi connectivity index (χ1n) is 7.30. The molecule has 22 heavy (non-hydrogen) atoms. The summed E-state index contributed by atoms with van der Waals surface area (Å²) in [6.45, 7) is 4.27. The fraction of sp³-hybridized carbons (Fsp3) is 0.600. The first kappa shape index (κ1) is 18.6. The monoisotopic (exact) mass is 324 g/mol. The Bertz CT molecular complexity index is 491. The van der Waals surface area contributed by atoms with E-state index in [4.69, 9.17) is 9.84 Å². The minimum atomic E-state index is 0.203. The summed E-state index contributed by atoms with van der Waals surface area (Å²) in [5.74, 6) is 3.02. The number of anilines is 2. The fourth-order valence-electron chi connectivity index (χ4n) is 1.87. The lowest BCUT2D eigenvalue weighted by Crippen LogP contribution is -2.12. The number of methoxy groups -OCH3 is 1. The number of nitriles is 1. The van der Waals surface area contributed by atoms with Crippen LogP contribution in [-0.2, 0) is 4.74 Å². The Balaban J connectivity index is 2.62. The van der Waals surface area contributed by atoms with Crippen molar-refractivity contribution >= 4 is 23.4 Å². The van der Waals surface area contributed by atoms with Crippen molar-refractivity contribution in [2.75, 3.05) is 55.6 Å². The first-order chi connectivity index (χ1) is 10.7. The lowest BCUT2D eigenvalue weighted by Gasteiger charge is -2.12. The molecule has 0 aliphatic rings. The van der Waals surface area contributed by atoms with Crippen LogP contribution in [0.15, 0.2) is 6.07 Å². The van der Waals surface area contributed by atoms with Crippen LogP contribution >= 0.6 is 11.8 Å². The molecule has 0 saturated heterocycles. The average molecular weight is 324 g/mol. The van der Waals surface area contributed by atoms with Crippen molar-refractivity contribution in [3.8, 4) is 6.07 Å². The molecule has 0 fully saturated rings. The van der Waals surface area contributed by atoms with Gasteiger partial charge in [-0.05, 0) is 25.0 Å². The number of ether oxygens (including phenoxy) is 1. The van der Waals surface area contributed by atoms with Gasteiger partial charge in [-0.1, -0.05) is 0 Å². The van der Waals surface area contributed by atoms with Crippen molar-refractivity contribution in [3.05, 3.63) is 17.2 Å². The van der Waals surface area contributed by atoms with Gasteiger partial charge in [0.15, 0.2) is 0 Å². The molecule has 122 valence electrons. The van der Waals surface area contributed by atoms with E-state index in [1.807, 2.05) is 13.0 Å². The predicted octanol–water partition coefficient (Wildman–Crippen LogP) is 1.85. The molecule has 6 nitrogen and oxygen atoms in total. The first-order valence-corrected chi connectivity index (χ1v) is 8.45. The lowest BCUT2D eigenvalue weighted by molar-refractivity contribution is 0.198. The van der Waals surface area contributed by atoms with Crippen molar-refractivity contribution in [3.63, 3.8) is 0 Å². The van der Waals surface area contributed by atoms with Gasteiger partial charge in [-0.2, -0.15) is 17.0 Å². The van der Waals surface area contributed by atoms with Gasteiger partial charge in [0.05, 0.1) is 12.2 Å². The number of rotatable bonds is 11. The Morgan fingerprint density at radius 2 is 2.18 bits per heavy atom. The smallest absolute Gasteiger partial charge is 0.146 e. The van der Waals surface area contributed by atoms with E-state index in [0.29, 0.717) is 24.5 Å². The molecule has 0 aromatic carbocycles. The van der Waals surface area contributed by atoms with E-state index in [0.717, 1.165) is 35.9 Å². The van der Waals surface area contributed by atoms with E-state index in [-0.39, 0.29) is 6.61 Å². The van der Waals surface area contributed by atoms with Gasteiger partial charge in [0.1, 0.15) is 17.7 Å². The summed E-state index contributed by atoms with van der Waals surface area (Å²) in [7, 11) is 1.67. The standard InChI is InChI=1S/C15H24N4O2S/c1-12-10-14(17-5-8-22-9-6-20)19-15(13(12)11-16)18-4-3-7-21-2/h10,20H,3-9H2,1-2H3,(H2,17,18,19). The summed E-state index contributed by atoms with van der Waals surface area (Å²) in [6.07, 6.45) is 0.859. The third-order valence-electron chi connectivity index (χ3n) is 2.93. The zero-order chi connectivity index (χ0) is 16.2. The Morgan fingerprint density at radius 1 is 1.36 bits per heavy atom. The maximum atomic E-state index is 9.26. The van der Waals surface area contributed by atoms with Gasteiger partial charge >= 0.3 is 0 Å². The highest BCUT2D eigenvalue weighted by molar-refractivity contribution is 7.99. The molecule has 0 saturated carbocycles. The summed E-state index contributed by atoms with van der Waals surface area (Å²) in [4.78, 5) is 4.48. The second-order valence-corrected chi connectivity index (χ2v) is 5.92. The summed E-state index contributed by atoms with van der Waals surface area (Å²) >= 11 is 1.69. The van der Waals surface area contributed by atoms with Crippen LogP contribution in [0.25, 0.3) is 0 Å². The summed E-state index contributed by atoms with van der Waals surface area (Å²) in [5, 5.41) is 24.4. The van der Waals surface area contributed by atoms with Crippen LogP contribution in [0, 0.1) is 18.3 Å². The number of pyridine rings is 1. The number of thioether (sulfide) groups is 1. The Morgan fingerprint density at radius 3 is 2.86 bits per heavy atom. The largest absolute Gasteiger partial charge is 0.396 e. The van der Waals surface area contributed by atoms with E-state index in [1.54, 1.807) is 18.9 Å². The molecular weight excluding hydrogens is 300 g/mol. The molecule has 0 spiro atoms. The molecular formula is C15H24N4O2S. The van der Waals surface area contributed by atoms with Gasteiger partial charge in [0, 0.05) is 38.3 Å². The zero-order valence-corrected chi connectivity index (χ0v) is 14.0. The molecule has 0 aliphatic carbocycles. The Hall–Kier alpha value is -1.49. The number of hydrogen-bond acceptors (Lipinski definition) is 7. The van der Waals surface area contributed by atoms with Crippen LogP contribution in [0.1, 0.15) is 17.5 Å². The summed E-state index contributed by atoms with van der Waals surface area (Å²) in [5.41, 5.74) is 1.48.